The van der Waals surface area contributed by atoms with E-state index < -0.39 is 5.92 Å². The van der Waals surface area contributed by atoms with Gasteiger partial charge in [-0.05, 0) is 44.6 Å². The molecule has 1 aliphatic heterocycles. The predicted molar refractivity (Wildman–Crippen MR) is 89.7 cm³/mol. The van der Waals surface area contributed by atoms with Crippen LogP contribution in [0.4, 0.5) is 0 Å². The van der Waals surface area contributed by atoms with Gasteiger partial charge in [-0.25, -0.2) is 5.01 Å². The van der Waals surface area contributed by atoms with E-state index in [1.54, 1.807) is 5.01 Å². The lowest BCUT2D eigenvalue weighted by Crippen LogP contribution is -2.51. The molecule has 1 amide bonds. The van der Waals surface area contributed by atoms with Gasteiger partial charge in [-0.1, -0.05) is 42.7 Å². The number of hydrazone groups is 1. The van der Waals surface area contributed by atoms with E-state index in [0.717, 1.165) is 30.5 Å². The van der Waals surface area contributed by atoms with Crippen molar-refractivity contribution in [3.05, 3.63) is 35.4 Å². The Balaban J connectivity index is 1.90. The molecule has 4 heteroatoms. The van der Waals surface area contributed by atoms with Crippen molar-refractivity contribution >= 4 is 11.6 Å². The summed E-state index contributed by atoms with van der Waals surface area (Å²) in [7, 11) is 0. The van der Waals surface area contributed by atoms with Crippen LogP contribution in [0, 0.1) is 30.1 Å². The fourth-order valence-corrected chi connectivity index (χ4v) is 3.76. The molecule has 0 radical (unpaired) electrons. The van der Waals surface area contributed by atoms with Crippen LogP contribution in [0.5, 0.6) is 0 Å². The van der Waals surface area contributed by atoms with Crippen LogP contribution in [0.2, 0.25) is 0 Å². The van der Waals surface area contributed by atoms with Gasteiger partial charge in [0, 0.05) is 0 Å². The zero-order valence-corrected chi connectivity index (χ0v) is 13.8. The van der Waals surface area contributed by atoms with Crippen molar-refractivity contribution < 1.29 is 4.79 Å². The molecule has 1 aromatic rings. The molecule has 1 aromatic carbocycles. The van der Waals surface area contributed by atoms with Crippen LogP contribution in [0.25, 0.3) is 0 Å². The number of aryl methyl sites for hydroxylation is 1. The number of rotatable bonds is 2. The van der Waals surface area contributed by atoms with Crippen LogP contribution < -0.4 is 0 Å². The number of amides is 1. The molecule has 1 saturated heterocycles. The zero-order chi connectivity index (χ0) is 16.4. The Hall–Kier alpha value is -2.15. The number of nitrogens with zero attached hydrogens (tertiary/aromatic N) is 3. The molecular formula is C19H23N3O. The summed E-state index contributed by atoms with van der Waals surface area (Å²) >= 11 is 0. The first-order valence-corrected chi connectivity index (χ1v) is 8.45. The normalized spacial score (nSPS) is 28.2. The highest BCUT2D eigenvalue weighted by molar-refractivity contribution is 5.99. The molecule has 3 unspecified atom stereocenters. The predicted octanol–water partition coefficient (Wildman–Crippen LogP) is 3.65. The van der Waals surface area contributed by atoms with E-state index in [1.165, 1.54) is 12.0 Å². The summed E-state index contributed by atoms with van der Waals surface area (Å²) in [6.45, 7) is 3.99. The van der Waals surface area contributed by atoms with Crippen molar-refractivity contribution in [1.82, 2.24) is 5.01 Å². The zero-order valence-electron chi connectivity index (χ0n) is 13.8. The van der Waals surface area contributed by atoms with Crippen LogP contribution in [0.1, 0.15) is 50.2 Å². The second-order valence-corrected chi connectivity index (χ2v) is 6.76. The Labute approximate surface area is 137 Å². The van der Waals surface area contributed by atoms with E-state index in [0.29, 0.717) is 12.3 Å². The van der Waals surface area contributed by atoms with Crippen LogP contribution in [-0.2, 0) is 4.79 Å². The second-order valence-electron chi connectivity index (χ2n) is 6.76. The maximum atomic E-state index is 12.6. The molecule has 3 atom stereocenters. The molecule has 0 bridgehead atoms. The van der Waals surface area contributed by atoms with Gasteiger partial charge in [0.2, 0.25) is 0 Å². The van der Waals surface area contributed by atoms with Gasteiger partial charge in [-0.3, -0.25) is 4.79 Å². The summed E-state index contributed by atoms with van der Waals surface area (Å²) < 4.78 is 0. The van der Waals surface area contributed by atoms with Gasteiger partial charge in [-0.2, -0.15) is 10.4 Å². The first-order valence-electron chi connectivity index (χ1n) is 8.45. The van der Waals surface area contributed by atoms with Crippen molar-refractivity contribution in [3.63, 3.8) is 0 Å². The Morgan fingerprint density at radius 1 is 1.26 bits per heavy atom. The molecule has 0 N–H and O–H groups in total. The molecule has 1 heterocycles. The summed E-state index contributed by atoms with van der Waals surface area (Å²) in [5.74, 6) is -0.244. The van der Waals surface area contributed by atoms with Gasteiger partial charge < -0.3 is 0 Å². The highest BCUT2D eigenvalue weighted by Crippen LogP contribution is 2.38. The summed E-state index contributed by atoms with van der Waals surface area (Å²) in [5.41, 5.74) is 3.06. The molecule has 1 aliphatic carbocycles. The lowest BCUT2D eigenvalue weighted by atomic mass is 9.75. The quantitative estimate of drug-likeness (QED) is 0.783. The molecule has 4 nitrogen and oxygen atoms in total. The van der Waals surface area contributed by atoms with Crippen molar-refractivity contribution in [2.45, 2.75) is 52.0 Å². The van der Waals surface area contributed by atoms with E-state index in [-0.39, 0.29) is 11.9 Å². The van der Waals surface area contributed by atoms with Gasteiger partial charge in [-0.15, -0.1) is 0 Å². The summed E-state index contributed by atoms with van der Waals surface area (Å²) in [4.78, 5) is 12.6. The summed E-state index contributed by atoms with van der Waals surface area (Å²) in [6.07, 6.45) is 5.14. The van der Waals surface area contributed by atoms with Crippen molar-refractivity contribution in [3.8, 4) is 6.07 Å². The molecule has 0 spiro atoms. The van der Waals surface area contributed by atoms with Crippen LogP contribution >= 0.6 is 0 Å². The third kappa shape index (κ3) is 3.14. The Kier molecular flexibility index (Phi) is 4.47. The number of hydrogen-bond acceptors (Lipinski definition) is 3. The van der Waals surface area contributed by atoms with Crippen molar-refractivity contribution in [1.29, 1.82) is 5.26 Å². The van der Waals surface area contributed by atoms with E-state index in [4.69, 9.17) is 0 Å². The number of nitriles is 1. The first-order chi connectivity index (χ1) is 11.1. The van der Waals surface area contributed by atoms with Gasteiger partial charge >= 0.3 is 0 Å². The van der Waals surface area contributed by atoms with Crippen LogP contribution in [0.3, 0.4) is 0 Å². The third-order valence-corrected chi connectivity index (χ3v) is 5.13. The number of hydrogen-bond donors (Lipinski definition) is 0. The number of benzene rings is 1. The lowest BCUT2D eigenvalue weighted by molar-refractivity contribution is -0.143. The molecule has 23 heavy (non-hydrogen) atoms. The average Bonchev–Trinajstić information content (AvgIpc) is 2.57. The first kappa shape index (κ1) is 15.7. The average molecular weight is 309 g/mol. The SMILES string of the molecule is CC(=NN1C(=O)C(C#N)CC2CCCCC21)c1ccc(C)cc1. The monoisotopic (exact) mass is 309 g/mol. The third-order valence-electron chi connectivity index (χ3n) is 5.13. The summed E-state index contributed by atoms with van der Waals surface area (Å²) in [5, 5.41) is 15.6. The topological polar surface area (TPSA) is 56.5 Å². The molecule has 120 valence electrons. The molecule has 2 fully saturated rings. The molecule has 2 aliphatic rings. The minimum absolute atomic E-state index is 0.123. The fraction of sp³-hybridized carbons (Fsp3) is 0.526. The summed E-state index contributed by atoms with van der Waals surface area (Å²) in [6, 6.07) is 10.5. The maximum absolute atomic E-state index is 12.6. The molecule has 1 saturated carbocycles. The largest absolute Gasteiger partial charge is 0.271 e. The molecular weight excluding hydrogens is 286 g/mol. The van der Waals surface area contributed by atoms with E-state index in [9.17, 15) is 10.1 Å². The maximum Gasteiger partial charge on any atom is 0.260 e. The van der Waals surface area contributed by atoms with Crippen LogP contribution in [0.15, 0.2) is 29.4 Å². The smallest absolute Gasteiger partial charge is 0.260 e. The fourth-order valence-electron chi connectivity index (χ4n) is 3.76. The standard InChI is InChI=1S/C19H23N3O/c1-13-7-9-15(10-8-13)14(2)21-22-18-6-4-3-5-16(18)11-17(12-20)19(22)23/h7-10,16-18H,3-6,11H2,1-2H3. The Morgan fingerprint density at radius 3 is 2.65 bits per heavy atom. The van der Waals surface area contributed by atoms with E-state index >= 15 is 0 Å². The van der Waals surface area contributed by atoms with Crippen molar-refractivity contribution in [2.24, 2.45) is 16.9 Å². The number of carbonyl (C=O) groups excluding carboxylic acids is 1. The van der Waals surface area contributed by atoms with Gasteiger partial charge in [0.05, 0.1) is 17.8 Å². The number of piperidine rings is 1. The van der Waals surface area contributed by atoms with Crippen molar-refractivity contribution in [2.75, 3.05) is 0 Å². The molecule has 3 rings (SSSR count). The Bertz CT molecular complexity index is 656. The van der Waals surface area contributed by atoms with Gasteiger partial charge in [0.1, 0.15) is 5.92 Å². The van der Waals surface area contributed by atoms with E-state index in [2.05, 4.69) is 18.1 Å². The molecule has 0 aromatic heterocycles. The lowest BCUT2D eigenvalue weighted by Gasteiger charge is -2.42. The number of fused-ring (bicyclic) bond motifs is 1. The van der Waals surface area contributed by atoms with Gasteiger partial charge in [0.15, 0.2) is 0 Å². The van der Waals surface area contributed by atoms with Crippen LogP contribution in [-0.4, -0.2) is 22.7 Å². The van der Waals surface area contributed by atoms with Gasteiger partial charge in [0.25, 0.3) is 5.91 Å². The minimum Gasteiger partial charge on any atom is -0.271 e. The highest BCUT2D eigenvalue weighted by atomic mass is 16.2. The Morgan fingerprint density at radius 2 is 1.96 bits per heavy atom. The highest BCUT2D eigenvalue weighted by Gasteiger charge is 2.43. The number of carbonyl (C=O) groups is 1. The van der Waals surface area contributed by atoms with E-state index in [1.807, 2.05) is 31.2 Å². The minimum atomic E-state index is -0.538. The second kappa shape index (κ2) is 6.54.